The number of rotatable bonds is 2. The van der Waals surface area contributed by atoms with E-state index in [1.54, 1.807) is 0 Å². The van der Waals surface area contributed by atoms with Crippen LogP contribution < -0.4 is 28.5 Å². The van der Waals surface area contributed by atoms with Gasteiger partial charge in [-0.15, -0.1) is 0 Å². The van der Waals surface area contributed by atoms with Gasteiger partial charge in [-0.3, -0.25) is 0 Å². The summed E-state index contributed by atoms with van der Waals surface area (Å²) in [7, 11) is 2.10. The van der Waals surface area contributed by atoms with Crippen LogP contribution in [0, 0.1) is 13.8 Å². The van der Waals surface area contributed by atoms with Crippen molar-refractivity contribution in [3.8, 4) is 16.8 Å². The molecule has 126 valence electrons. The number of imidazole rings is 1. The summed E-state index contributed by atoms with van der Waals surface area (Å²) in [6.45, 7) is 4.37. The van der Waals surface area contributed by atoms with E-state index in [0.29, 0.717) is 0 Å². The number of aromatic nitrogens is 2. The lowest BCUT2D eigenvalue weighted by molar-refractivity contribution is -0.645. The molecule has 3 heteroatoms. The van der Waals surface area contributed by atoms with Crippen molar-refractivity contribution >= 4 is 11.0 Å². The van der Waals surface area contributed by atoms with Crippen LogP contribution in [0.4, 0.5) is 0 Å². The Morgan fingerprint density at radius 3 is 2.16 bits per heavy atom. The summed E-state index contributed by atoms with van der Waals surface area (Å²) in [5, 5.41) is 0. The van der Waals surface area contributed by atoms with Gasteiger partial charge in [0.1, 0.15) is 5.69 Å². The maximum atomic E-state index is 2.29. The van der Waals surface area contributed by atoms with Gasteiger partial charge in [0.25, 0.3) is 0 Å². The second kappa shape index (κ2) is 7.00. The van der Waals surface area contributed by atoms with Crippen LogP contribution in [0.25, 0.3) is 27.8 Å². The van der Waals surface area contributed by atoms with Gasteiger partial charge in [-0.25, -0.2) is 4.57 Å². The zero-order chi connectivity index (χ0) is 16.7. The second-order valence-electron chi connectivity index (χ2n) is 6.37. The maximum absolute atomic E-state index is 2.29. The third-order valence-corrected chi connectivity index (χ3v) is 4.72. The predicted molar refractivity (Wildman–Crippen MR) is 99.4 cm³/mol. The summed E-state index contributed by atoms with van der Waals surface area (Å²) in [6.07, 6.45) is 2.16. The van der Waals surface area contributed by atoms with Gasteiger partial charge in [-0.05, 0) is 48.7 Å². The van der Waals surface area contributed by atoms with Crippen LogP contribution in [-0.4, -0.2) is 4.57 Å². The number of hydrogen-bond donors (Lipinski definition) is 0. The van der Waals surface area contributed by atoms with Crippen LogP contribution in [0.15, 0.2) is 73.1 Å². The molecular weight excluding hydrogens is 419 g/mol. The smallest absolute Gasteiger partial charge is 0.249 e. The second-order valence-corrected chi connectivity index (χ2v) is 6.37. The lowest BCUT2D eigenvalue weighted by Crippen LogP contribution is -3.00. The Balaban J connectivity index is 0.00000182. The average molecular weight is 440 g/mol. The molecule has 4 aromatic rings. The Bertz CT molecular complexity index is 1030. The highest BCUT2D eigenvalue weighted by Crippen LogP contribution is 2.33. The Labute approximate surface area is 165 Å². The lowest BCUT2D eigenvalue weighted by atomic mass is 9.94. The number of hydrogen-bond acceptors (Lipinski definition) is 0. The molecule has 1 heterocycles. The Kier molecular flexibility index (Phi) is 4.95. The summed E-state index contributed by atoms with van der Waals surface area (Å²) in [5.41, 5.74) is 8.88. The van der Waals surface area contributed by atoms with Crippen LogP contribution in [0.3, 0.4) is 0 Å². The third kappa shape index (κ3) is 2.97. The number of para-hydroxylation sites is 3. The first-order valence-corrected chi connectivity index (χ1v) is 8.28. The van der Waals surface area contributed by atoms with E-state index in [4.69, 9.17) is 0 Å². The van der Waals surface area contributed by atoms with Crippen molar-refractivity contribution in [3.05, 3.63) is 84.2 Å². The largest absolute Gasteiger partial charge is 1.00 e. The number of fused-ring (bicyclic) bond motifs is 1. The molecule has 1 aromatic heterocycles. The highest BCUT2D eigenvalue weighted by Gasteiger charge is 2.19. The topological polar surface area (TPSA) is 8.81 Å². The van der Waals surface area contributed by atoms with E-state index in [1.807, 2.05) is 0 Å². The molecular formula is C22H21IN2. The summed E-state index contributed by atoms with van der Waals surface area (Å²) < 4.78 is 4.47. The van der Waals surface area contributed by atoms with Crippen LogP contribution in [0.5, 0.6) is 0 Å². The van der Waals surface area contributed by atoms with Gasteiger partial charge in [0.15, 0.2) is 11.0 Å². The minimum absolute atomic E-state index is 0. The lowest BCUT2D eigenvalue weighted by Gasteiger charge is -2.12. The molecule has 0 atom stereocenters. The van der Waals surface area contributed by atoms with E-state index >= 15 is 0 Å². The predicted octanol–water partition coefficient (Wildman–Crippen LogP) is 1.74. The van der Waals surface area contributed by atoms with Gasteiger partial charge in [0.2, 0.25) is 6.33 Å². The molecule has 25 heavy (non-hydrogen) atoms. The highest BCUT2D eigenvalue weighted by atomic mass is 127. The molecule has 2 nitrogen and oxygen atoms in total. The van der Waals surface area contributed by atoms with Gasteiger partial charge in [-0.2, -0.15) is 4.57 Å². The molecule has 0 radical (unpaired) electrons. The summed E-state index contributed by atoms with van der Waals surface area (Å²) in [4.78, 5) is 0. The van der Waals surface area contributed by atoms with E-state index in [1.165, 1.54) is 39.0 Å². The number of benzene rings is 3. The molecule has 0 spiro atoms. The van der Waals surface area contributed by atoms with Crippen molar-refractivity contribution in [2.24, 2.45) is 7.05 Å². The maximum Gasteiger partial charge on any atom is 0.249 e. The van der Waals surface area contributed by atoms with Gasteiger partial charge >= 0.3 is 0 Å². The minimum Gasteiger partial charge on any atom is -1.00 e. The first kappa shape index (κ1) is 17.7. The number of aryl methyl sites for hydroxylation is 3. The Hall–Kier alpha value is -2.14. The normalized spacial score (nSPS) is 10.7. The van der Waals surface area contributed by atoms with Crippen LogP contribution >= 0.6 is 0 Å². The summed E-state index contributed by atoms with van der Waals surface area (Å²) in [5.74, 6) is 0. The molecule has 0 N–H and O–H groups in total. The van der Waals surface area contributed by atoms with Crippen LogP contribution in [0.2, 0.25) is 0 Å². The quantitative estimate of drug-likeness (QED) is 0.332. The van der Waals surface area contributed by atoms with Gasteiger partial charge < -0.3 is 24.0 Å². The Morgan fingerprint density at radius 2 is 1.40 bits per heavy atom. The molecule has 0 aliphatic carbocycles. The molecule has 0 aliphatic rings. The molecule has 0 unspecified atom stereocenters. The molecule has 0 fully saturated rings. The zero-order valence-electron chi connectivity index (χ0n) is 14.7. The van der Waals surface area contributed by atoms with E-state index in [2.05, 4.69) is 103 Å². The zero-order valence-corrected chi connectivity index (χ0v) is 16.9. The average Bonchev–Trinajstić information content (AvgIpc) is 2.93. The fraction of sp³-hybridized carbons (Fsp3) is 0.136. The summed E-state index contributed by atoms with van der Waals surface area (Å²) in [6, 6.07) is 23.7. The fourth-order valence-corrected chi connectivity index (χ4v) is 3.59. The highest BCUT2D eigenvalue weighted by molar-refractivity contribution is 5.82. The monoisotopic (exact) mass is 440 g/mol. The SMILES string of the molecule is Cc1cccc(C)c1-c1ccccc1-n1c[n+](C)c2ccccc21.[I-]. The van der Waals surface area contributed by atoms with Crippen LogP contribution in [-0.2, 0) is 7.05 Å². The molecule has 0 aliphatic heterocycles. The molecule has 0 saturated heterocycles. The van der Waals surface area contributed by atoms with Crippen molar-refractivity contribution in [2.45, 2.75) is 13.8 Å². The minimum atomic E-state index is 0. The summed E-state index contributed by atoms with van der Waals surface area (Å²) >= 11 is 0. The molecule has 4 rings (SSSR count). The van der Waals surface area contributed by atoms with E-state index in [-0.39, 0.29) is 24.0 Å². The first-order chi connectivity index (χ1) is 11.7. The first-order valence-electron chi connectivity index (χ1n) is 8.28. The van der Waals surface area contributed by atoms with Crippen molar-refractivity contribution in [1.29, 1.82) is 0 Å². The van der Waals surface area contributed by atoms with Crippen molar-refractivity contribution < 1.29 is 28.5 Å². The Morgan fingerprint density at radius 1 is 0.760 bits per heavy atom. The van der Waals surface area contributed by atoms with Crippen molar-refractivity contribution in [2.75, 3.05) is 0 Å². The van der Waals surface area contributed by atoms with Gasteiger partial charge in [0, 0.05) is 5.56 Å². The third-order valence-electron chi connectivity index (χ3n) is 4.72. The molecule has 0 bridgehead atoms. The van der Waals surface area contributed by atoms with E-state index in [0.717, 1.165) is 0 Å². The molecule has 0 amide bonds. The molecule has 0 saturated carbocycles. The number of halogens is 1. The molecule has 3 aromatic carbocycles. The fourth-order valence-electron chi connectivity index (χ4n) is 3.59. The van der Waals surface area contributed by atoms with Gasteiger partial charge in [0.05, 0.1) is 7.05 Å². The van der Waals surface area contributed by atoms with Crippen molar-refractivity contribution in [3.63, 3.8) is 0 Å². The number of nitrogens with zero attached hydrogens (tertiary/aromatic N) is 2. The van der Waals surface area contributed by atoms with E-state index < -0.39 is 0 Å². The van der Waals surface area contributed by atoms with Crippen molar-refractivity contribution in [1.82, 2.24) is 4.57 Å². The van der Waals surface area contributed by atoms with Crippen LogP contribution in [0.1, 0.15) is 11.1 Å². The van der Waals surface area contributed by atoms with Gasteiger partial charge in [-0.1, -0.05) is 48.5 Å². The van der Waals surface area contributed by atoms with E-state index in [9.17, 15) is 0 Å². The standard InChI is InChI=1S/C22H21N2.HI/c1-16-9-8-10-17(2)22(16)18-11-4-5-12-19(18)24-15-23(3)20-13-6-7-14-21(20)24;/h4-15H,1-3H3;1H/q+1;/p-1.